The van der Waals surface area contributed by atoms with E-state index in [1.54, 1.807) is 55.6 Å². The summed E-state index contributed by atoms with van der Waals surface area (Å²) in [7, 11) is 1.55. The Hall–Kier alpha value is -5.17. The zero-order valence-corrected chi connectivity index (χ0v) is 24.7. The van der Waals surface area contributed by atoms with Crippen LogP contribution in [0.4, 0.5) is 5.69 Å². The summed E-state index contributed by atoms with van der Waals surface area (Å²) in [5.74, 6) is -0.716. The van der Waals surface area contributed by atoms with Crippen LogP contribution in [0, 0.1) is 5.92 Å². The van der Waals surface area contributed by atoms with Crippen LogP contribution < -0.4 is 14.8 Å². The van der Waals surface area contributed by atoms with E-state index in [4.69, 9.17) is 9.47 Å². The maximum absolute atomic E-state index is 15.0. The van der Waals surface area contributed by atoms with Crippen LogP contribution in [0.15, 0.2) is 103 Å². The molecule has 220 valence electrons. The fraction of sp³-hybridized carbons (Fsp3) is 0.216. The molecule has 0 aromatic heterocycles. The van der Waals surface area contributed by atoms with Gasteiger partial charge < -0.3 is 19.7 Å². The predicted octanol–water partition coefficient (Wildman–Crippen LogP) is 6.46. The molecule has 7 heteroatoms. The number of fused-ring (bicyclic) bond motifs is 6. The Morgan fingerprint density at radius 3 is 2.36 bits per heavy atom. The van der Waals surface area contributed by atoms with E-state index in [2.05, 4.69) is 5.32 Å². The topological polar surface area (TPSA) is 84.9 Å². The van der Waals surface area contributed by atoms with Crippen molar-refractivity contribution in [3.8, 4) is 11.5 Å². The monoisotopic (exact) mass is 584 g/mol. The lowest BCUT2D eigenvalue weighted by molar-refractivity contribution is -0.122. The first-order chi connectivity index (χ1) is 21.3. The van der Waals surface area contributed by atoms with Crippen LogP contribution in [0.2, 0.25) is 0 Å². The smallest absolute Gasteiger partial charge is 0.238 e. The normalized spacial score (nSPS) is 22.8. The Morgan fingerprint density at radius 2 is 1.59 bits per heavy atom. The molecule has 44 heavy (non-hydrogen) atoms. The lowest BCUT2D eigenvalue weighted by Crippen LogP contribution is -2.49. The summed E-state index contributed by atoms with van der Waals surface area (Å²) >= 11 is 0. The van der Waals surface area contributed by atoms with Crippen LogP contribution in [-0.2, 0) is 10.2 Å². The van der Waals surface area contributed by atoms with Gasteiger partial charge in [-0.15, -0.1) is 0 Å². The summed E-state index contributed by atoms with van der Waals surface area (Å²) in [6, 6.07) is 27.7. The molecule has 0 saturated carbocycles. The number of carbonyl (C=O) groups excluding carboxylic acids is 3. The van der Waals surface area contributed by atoms with Gasteiger partial charge in [-0.05, 0) is 79.1 Å². The zero-order valence-electron chi connectivity index (χ0n) is 24.7. The average Bonchev–Trinajstić information content (AvgIpc) is 3.52. The van der Waals surface area contributed by atoms with Gasteiger partial charge in [-0.1, -0.05) is 54.6 Å². The van der Waals surface area contributed by atoms with Crippen LogP contribution >= 0.6 is 0 Å². The average molecular weight is 585 g/mol. The van der Waals surface area contributed by atoms with Crippen molar-refractivity contribution in [2.45, 2.75) is 37.5 Å². The largest absolute Gasteiger partial charge is 0.497 e. The van der Waals surface area contributed by atoms with Crippen molar-refractivity contribution < 1.29 is 23.9 Å². The van der Waals surface area contributed by atoms with Crippen molar-refractivity contribution >= 4 is 29.2 Å². The number of Topliss-reactive ketones (excluding diaryl/α,β-unsaturated/α-hetero) is 2. The number of amides is 1. The molecule has 4 aromatic carbocycles. The quantitative estimate of drug-likeness (QED) is 0.251. The van der Waals surface area contributed by atoms with Gasteiger partial charge in [0.2, 0.25) is 5.91 Å². The van der Waals surface area contributed by atoms with Gasteiger partial charge in [0, 0.05) is 23.0 Å². The standard InChI is InChI=1S/C37H32N2O5/c1-22(2)44-26-17-15-24(16-18-26)33(40)31-32(34(41)25-10-8-11-27(21-25)43-3)39-20-19-23-9-4-5-12-28(23)35(39)37(31)29-13-6-7-14-30(29)38-36(37)42/h4-22,31-32,35H,1-3H3,(H,38,42)/t31-,32+,35+,37-/m1/s1. The number of benzene rings is 4. The van der Waals surface area contributed by atoms with Crippen molar-refractivity contribution in [3.05, 3.63) is 131 Å². The van der Waals surface area contributed by atoms with Crippen LogP contribution in [0.25, 0.3) is 6.08 Å². The minimum atomic E-state index is -1.39. The molecule has 0 aliphatic carbocycles. The number of ether oxygens (including phenoxy) is 2. The minimum Gasteiger partial charge on any atom is -0.497 e. The maximum atomic E-state index is 15.0. The highest BCUT2D eigenvalue weighted by Gasteiger charge is 2.70. The van der Waals surface area contributed by atoms with Gasteiger partial charge in [-0.25, -0.2) is 0 Å². The molecule has 3 aliphatic heterocycles. The van der Waals surface area contributed by atoms with Gasteiger partial charge in [0.25, 0.3) is 0 Å². The van der Waals surface area contributed by atoms with E-state index in [0.29, 0.717) is 33.9 Å². The second-order valence-corrected chi connectivity index (χ2v) is 11.7. The summed E-state index contributed by atoms with van der Waals surface area (Å²) in [6.45, 7) is 3.88. The number of anilines is 1. The molecule has 0 unspecified atom stereocenters. The summed E-state index contributed by atoms with van der Waals surface area (Å²) in [5, 5.41) is 3.09. The first-order valence-electron chi connectivity index (χ1n) is 14.8. The third-order valence-corrected chi connectivity index (χ3v) is 8.99. The number of ketones is 2. The molecule has 1 N–H and O–H groups in total. The van der Waals surface area contributed by atoms with E-state index in [-0.39, 0.29) is 23.6 Å². The summed E-state index contributed by atoms with van der Waals surface area (Å²) in [5.41, 5.74) is 2.62. The number of nitrogens with one attached hydrogen (secondary N) is 1. The lowest BCUT2D eigenvalue weighted by atomic mass is 9.62. The van der Waals surface area contributed by atoms with Crippen molar-refractivity contribution in [3.63, 3.8) is 0 Å². The second-order valence-electron chi connectivity index (χ2n) is 11.7. The summed E-state index contributed by atoms with van der Waals surface area (Å²) in [4.78, 5) is 46.2. The van der Waals surface area contributed by atoms with E-state index in [9.17, 15) is 14.4 Å². The number of carbonyl (C=O) groups is 3. The number of hydrogen-bond donors (Lipinski definition) is 1. The molecule has 1 fully saturated rings. The molecule has 0 radical (unpaired) electrons. The van der Waals surface area contributed by atoms with Crippen molar-refractivity contribution in [1.82, 2.24) is 4.90 Å². The van der Waals surface area contributed by atoms with E-state index in [0.717, 1.165) is 11.1 Å². The molecule has 4 aromatic rings. The molecule has 0 bridgehead atoms. The first kappa shape index (κ1) is 27.7. The van der Waals surface area contributed by atoms with Crippen LogP contribution in [0.1, 0.15) is 57.3 Å². The fourth-order valence-corrected chi connectivity index (χ4v) is 7.26. The molecule has 3 heterocycles. The molecule has 7 nitrogen and oxygen atoms in total. The van der Waals surface area contributed by atoms with E-state index in [1.165, 1.54) is 0 Å². The molecule has 4 atom stereocenters. The highest BCUT2D eigenvalue weighted by molar-refractivity contribution is 6.16. The van der Waals surface area contributed by atoms with Crippen LogP contribution in [0.3, 0.4) is 0 Å². The van der Waals surface area contributed by atoms with Gasteiger partial charge in [0.1, 0.15) is 23.0 Å². The van der Waals surface area contributed by atoms with E-state index < -0.39 is 23.4 Å². The number of rotatable bonds is 7. The van der Waals surface area contributed by atoms with Gasteiger partial charge in [-0.3, -0.25) is 14.4 Å². The predicted molar refractivity (Wildman–Crippen MR) is 168 cm³/mol. The summed E-state index contributed by atoms with van der Waals surface area (Å²) in [6.07, 6.45) is 3.80. The molecule has 3 aliphatic rings. The Labute approximate surface area is 256 Å². The van der Waals surface area contributed by atoms with E-state index in [1.807, 2.05) is 79.6 Å². The Balaban J connectivity index is 1.48. The lowest BCUT2D eigenvalue weighted by Gasteiger charge is -2.38. The van der Waals surface area contributed by atoms with Crippen molar-refractivity contribution in [1.29, 1.82) is 0 Å². The molecule has 1 spiro atoms. The number of para-hydroxylation sites is 1. The fourth-order valence-electron chi connectivity index (χ4n) is 7.26. The van der Waals surface area contributed by atoms with Gasteiger partial charge in [0.15, 0.2) is 11.6 Å². The van der Waals surface area contributed by atoms with Gasteiger partial charge in [0.05, 0.1) is 25.2 Å². The Morgan fingerprint density at radius 1 is 0.841 bits per heavy atom. The first-order valence-corrected chi connectivity index (χ1v) is 14.8. The summed E-state index contributed by atoms with van der Waals surface area (Å²) < 4.78 is 11.3. The second kappa shape index (κ2) is 10.5. The Kier molecular flexibility index (Phi) is 6.61. The van der Waals surface area contributed by atoms with Crippen LogP contribution in [0.5, 0.6) is 11.5 Å². The third kappa shape index (κ3) is 4.07. The highest BCUT2D eigenvalue weighted by atomic mass is 16.5. The number of nitrogens with zero attached hydrogens (tertiary/aromatic N) is 1. The number of hydrogen-bond acceptors (Lipinski definition) is 6. The SMILES string of the molecule is COc1cccc(C(=O)[C@@H]2[C@H](C(=O)c3ccc(OC(C)C)cc3)[C@@]3(C(=O)Nc4ccccc43)[C@@H]3c4ccccc4C=CN23)c1. The molecule has 1 saturated heterocycles. The zero-order chi connectivity index (χ0) is 30.6. The molecular formula is C37H32N2O5. The van der Waals surface area contributed by atoms with Gasteiger partial charge >= 0.3 is 0 Å². The highest BCUT2D eigenvalue weighted by Crippen LogP contribution is 2.62. The van der Waals surface area contributed by atoms with E-state index >= 15 is 0 Å². The number of methoxy groups -OCH3 is 1. The molecule has 7 rings (SSSR count). The third-order valence-electron chi connectivity index (χ3n) is 8.99. The van der Waals surface area contributed by atoms with Crippen LogP contribution in [-0.4, -0.2) is 41.6 Å². The van der Waals surface area contributed by atoms with Gasteiger partial charge in [-0.2, -0.15) is 0 Å². The maximum Gasteiger partial charge on any atom is 0.238 e. The minimum absolute atomic E-state index is 0.0269. The molecular weight excluding hydrogens is 552 g/mol. The Bertz CT molecular complexity index is 1830. The molecule has 1 amide bonds. The van der Waals surface area contributed by atoms with Crippen molar-refractivity contribution in [2.24, 2.45) is 5.92 Å². The van der Waals surface area contributed by atoms with Crippen molar-refractivity contribution in [2.75, 3.05) is 12.4 Å².